The number of carbonyl (C=O) groups excluding carboxylic acids is 1. The van der Waals surface area contributed by atoms with Crippen LogP contribution in [0.5, 0.6) is 0 Å². The molecule has 0 aliphatic carbocycles. The highest BCUT2D eigenvalue weighted by atomic mass is 35.5. The molecule has 1 heterocycles. The lowest BCUT2D eigenvalue weighted by molar-refractivity contribution is -0.137. The van der Waals surface area contributed by atoms with Gasteiger partial charge in [-0.15, -0.1) is 0 Å². The number of aliphatic imine (C=N–C) groups is 1. The fourth-order valence-corrected chi connectivity index (χ4v) is 2.18. The molecular weight excluding hydrogens is 363 g/mol. The van der Waals surface area contributed by atoms with Gasteiger partial charge in [0.25, 0.3) is 5.91 Å². The minimum Gasteiger partial charge on any atom is -0.301 e. The van der Waals surface area contributed by atoms with Crippen molar-refractivity contribution in [3.63, 3.8) is 0 Å². The molecule has 0 bridgehead atoms. The first-order chi connectivity index (χ1) is 11.3. The van der Waals surface area contributed by atoms with Gasteiger partial charge in [0.2, 0.25) is 0 Å². The molecule has 126 valence electrons. The Morgan fingerprint density at radius 1 is 1.29 bits per heavy atom. The Bertz CT molecular complexity index is 763. The van der Waals surface area contributed by atoms with Gasteiger partial charge < -0.3 is 5.32 Å². The number of alkyl halides is 3. The van der Waals surface area contributed by atoms with Gasteiger partial charge in [0, 0.05) is 6.20 Å². The lowest BCUT2D eigenvalue weighted by Crippen LogP contribution is -2.28. The second kappa shape index (κ2) is 7.67. The highest BCUT2D eigenvalue weighted by Crippen LogP contribution is 2.31. The van der Waals surface area contributed by atoms with Gasteiger partial charge in [-0.3, -0.25) is 4.79 Å². The zero-order chi connectivity index (χ0) is 17.7. The number of hydrogen-bond donors (Lipinski definition) is 1. The second-order valence-corrected chi connectivity index (χ2v) is 5.68. The number of halogens is 4. The van der Waals surface area contributed by atoms with Crippen LogP contribution in [0.3, 0.4) is 0 Å². The number of amides is 1. The molecule has 0 atom stereocenters. The van der Waals surface area contributed by atoms with Crippen LogP contribution < -0.4 is 5.32 Å². The van der Waals surface area contributed by atoms with Crippen molar-refractivity contribution in [2.45, 2.75) is 6.18 Å². The van der Waals surface area contributed by atoms with Crippen molar-refractivity contribution in [2.24, 2.45) is 4.99 Å². The normalized spacial score (nSPS) is 12.1. The van der Waals surface area contributed by atoms with E-state index in [4.69, 9.17) is 11.6 Å². The molecule has 0 unspecified atom stereocenters. The fourth-order valence-electron chi connectivity index (χ4n) is 1.67. The topological polar surface area (TPSA) is 54.4 Å². The molecule has 0 aliphatic rings. The molecule has 0 radical (unpaired) electrons. The monoisotopic (exact) mass is 373 g/mol. The quantitative estimate of drug-likeness (QED) is 0.478. The molecule has 1 amide bonds. The number of carbonyl (C=O) groups is 1. The minimum atomic E-state index is -4.46. The average molecular weight is 374 g/mol. The molecule has 2 aromatic rings. The first kappa shape index (κ1) is 18.3. The largest absolute Gasteiger partial charge is 0.416 e. The lowest BCUT2D eigenvalue weighted by atomic mass is 10.2. The fraction of sp³-hybridized carbons (Fsp3) is 0.133. The molecule has 4 nitrogen and oxygen atoms in total. The van der Waals surface area contributed by atoms with Crippen molar-refractivity contribution < 1.29 is 18.0 Å². The molecule has 0 saturated carbocycles. The molecule has 1 N–H and O–H groups in total. The van der Waals surface area contributed by atoms with Crippen LogP contribution >= 0.6 is 23.4 Å². The van der Waals surface area contributed by atoms with E-state index >= 15 is 0 Å². The van der Waals surface area contributed by atoms with Crippen molar-refractivity contribution in [1.82, 2.24) is 10.3 Å². The first-order valence-corrected chi connectivity index (χ1v) is 8.12. The van der Waals surface area contributed by atoms with E-state index in [1.165, 1.54) is 30.5 Å². The Morgan fingerprint density at radius 3 is 2.62 bits per heavy atom. The maximum Gasteiger partial charge on any atom is 0.416 e. The Balaban J connectivity index is 2.20. The van der Waals surface area contributed by atoms with E-state index in [9.17, 15) is 18.0 Å². The van der Waals surface area contributed by atoms with Crippen molar-refractivity contribution in [1.29, 1.82) is 0 Å². The van der Waals surface area contributed by atoms with E-state index in [1.54, 1.807) is 6.26 Å². The van der Waals surface area contributed by atoms with Gasteiger partial charge in [-0.1, -0.05) is 29.4 Å². The third-order valence-corrected chi connectivity index (χ3v) is 3.61. The third kappa shape index (κ3) is 4.97. The van der Waals surface area contributed by atoms with Crippen molar-refractivity contribution in [3.8, 4) is 0 Å². The van der Waals surface area contributed by atoms with E-state index in [-0.39, 0.29) is 21.6 Å². The lowest BCUT2D eigenvalue weighted by Gasteiger charge is -2.09. The molecule has 0 fully saturated rings. The number of thioether (sulfide) groups is 1. The Labute approximate surface area is 145 Å². The number of hydrogen-bond acceptors (Lipinski definition) is 4. The summed E-state index contributed by atoms with van der Waals surface area (Å²) in [6.45, 7) is 0. The highest BCUT2D eigenvalue weighted by Gasteiger charge is 2.30. The number of nitrogens with one attached hydrogen (secondary N) is 1. The van der Waals surface area contributed by atoms with Crippen molar-refractivity contribution in [2.75, 3.05) is 6.26 Å². The van der Waals surface area contributed by atoms with Crippen LogP contribution in [0.15, 0.2) is 47.6 Å². The molecule has 0 aliphatic heterocycles. The number of aromatic nitrogens is 1. The minimum absolute atomic E-state index is 0.0868. The SMILES string of the molecule is CSC(=Nc1cccc(C(F)(F)F)c1)NC(=O)c1ccc(Cl)nc1. The van der Waals surface area contributed by atoms with Crippen LogP contribution in [0.25, 0.3) is 0 Å². The van der Waals surface area contributed by atoms with Gasteiger partial charge in [0.05, 0.1) is 16.8 Å². The molecule has 9 heteroatoms. The van der Waals surface area contributed by atoms with Crippen molar-refractivity contribution in [3.05, 3.63) is 58.9 Å². The molecule has 0 saturated heterocycles. The summed E-state index contributed by atoms with van der Waals surface area (Å²) in [5.74, 6) is -0.487. The van der Waals surface area contributed by atoms with Gasteiger partial charge in [-0.2, -0.15) is 13.2 Å². The standard InChI is InChI=1S/C15H11ClF3N3OS/c1-24-14(22-13(23)9-5-6-12(16)20-8-9)21-11-4-2-3-10(7-11)15(17,18)19/h2-8H,1H3,(H,21,22,23). The highest BCUT2D eigenvalue weighted by molar-refractivity contribution is 8.13. The Hall–Kier alpha value is -2.06. The molecule has 24 heavy (non-hydrogen) atoms. The Kier molecular flexibility index (Phi) is 5.84. The maximum atomic E-state index is 12.7. The smallest absolute Gasteiger partial charge is 0.301 e. The summed E-state index contributed by atoms with van der Waals surface area (Å²) in [5.41, 5.74) is -0.466. The van der Waals surface area contributed by atoms with Crippen LogP contribution in [-0.2, 0) is 6.18 Å². The number of nitrogens with zero attached hydrogens (tertiary/aromatic N) is 2. The number of amidine groups is 1. The summed E-state index contributed by atoms with van der Waals surface area (Å²) in [6.07, 6.45) is -1.52. The van der Waals surface area contributed by atoms with Gasteiger partial charge in [0.15, 0.2) is 5.17 Å². The average Bonchev–Trinajstić information content (AvgIpc) is 2.54. The van der Waals surface area contributed by atoms with E-state index in [0.29, 0.717) is 0 Å². The van der Waals surface area contributed by atoms with Gasteiger partial charge in [-0.05, 0) is 36.6 Å². The van der Waals surface area contributed by atoms with E-state index in [2.05, 4.69) is 15.3 Å². The van der Waals surface area contributed by atoms with Gasteiger partial charge in [-0.25, -0.2) is 9.98 Å². The van der Waals surface area contributed by atoms with Crippen molar-refractivity contribution >= 4 is 40.1 Å². The van der Waals surface area contributed by atoms with Gasteiger partial charge in [0.1, 0.15) is 5.15 Å². The summed E-state index contributed by atoms with van der Waals surface area (Å²) < 4.78 is 38.1. The number of rotatable bonds is 2. The number of benzene rings is 1. The molecule has 2 rings (SSSR count). The van der Waals surface area contributed by atoms with E-state index < -0.39 is 17.6 Å². The second-order valence-electron chi connectivity index (χ2n) is 4.49. The number of pyridine rings is 1. The molecule has 1 aromatic heterocycles. The van der Waals surface area contributed by atoms with Crippen LogP contribution in [0.4, 0.5) is 18.9 Å². The molecule has 1 aromatic carbocycles. The van der Waals surface area contributed by atoms with Gasteiger partial charge >= 0.3 is 6.18 Å². The summed E-state index contributed by atoms with van der Waals surface area (Å²) in [6, 6.07) is 7.47. The summed E-state index contributed by atoms with van der Waals surface area (Å²) >= 11 is 6.74. The zero-order valence-electron chi connectivity index (χ0n) is 12.3. The first-order valence-electron chi connectivity index (χ1n) is 6.52. The van der Waals surface area contributed by atoms with E-state index in [0.717, 1.165) is 23.9 Å². The van der Waals surface area contributed by atoms with Crippen LogP contribution in [-0.4, -0.2) is 22.3 Å². The molecular formula is C15H11ClF3N3OS. The molecule has 0 spiro atoms. The van der Waals surface area contributed by atoms with Crippen LogP contribution in [0.1, 0.15) is 15.9 Å². The summed E-state index contributed by atoms with van der Waals surface area (Å²) in [5, 5.41) is 2.92. The zero-order valence-corrected chi connectivity index (χ0v) is 13.8. The Morgan fingerprint density at radius 2 is 2.04 bits per heavy atom. The third-order valence-electron chi connectivity index (χ3n) is 2.81. The predicted octanol–water partition coefficient (Wildman–Crippen LogP) is 4.53. The summed E-state index contributed by atoms with van der Waals surface area (Å²) in [4.78, 5) is 19.9. The van der Waals surface area contributed by atoms with E-state index in [1.807, 2.05) is 0 Å². The predicted molar refractivity (Wildman–Crippen MR) is 88.8 cm³/mol. The van der Waals surface area contributed by atoms with Crippen LogP contribution in [0.2, 0.25) is 5.15 Å². The maximum absolute atomic E-state index is 12.7. The van der Waals surface area contributed by atoms with Crippen LogP contribution in [0, 0.1) is 0 Å². The summed E-state index contributed by atoms with van der Waals surface area (Å²) in [7, 11) is 0.